The first-order valence-electron chi connectivity index (χ1n) is 6.79. The van der Waals surface area contributed by atoms with Gasteiger partial charge in [0.15, 0.2) is 0 Å². The van der Waals surface area contributed by atoms with Crippen molar-refractivity contribution < 1.29 is 0 Å². The van der Waals surface area contributed by atoms with Gasteiger partial charge in [0.1, 0.15) is 0 Å². The maximum atomic E-state index is 5.67. The van der Waals surface area contributed by atoms with Gasteiger partial charge in [0, 0.05) is 13.1 Å². The molecule has 0 aromatic heterocycles. The van der Waals surface area contributed by atoms with Gasteiger partial charge in [0.25, 0.3) is 0 Å². The molecule has 2 heteroatoms. The van der Waals surface area contributed by atoms with Gasteiger partial charge in [-0.05, 0) is 49.4 Å². The second-order valence-electron chi connectivity index (χ2n) is 5.29. The van der Waals surface area contributed by atoms with Crippen molar-refractivity contribution in [1.82, 2.24) is 4.90 Å². The van der Waals surface area contributed by atoms with E-state index >= 15 is 0 Å². The summed E-state index contributed by atoms with van der Waals surface area (Å²) < 4.78 is 0. The lowest BCUT2D eigenvalue weighted by molar-refractivity contribution is 0.176. The van der Waals surface area contributed by atoms with Crippen molar-refractivity contribution in [3.05, 3.63) is 35.4 Å². The Morgan fingerprint density at radius 1 is 1.29 bits per heavy atom. The highest BCUT2D eigenvalue weighted by Gasteiger charge is 2.16. The smallest absolute Gasteiger partial charge is 0.0236 e. The van der Waals surface area contributed by atoms with E-state index in [9.17, 15) is 0 Å². The first-order valence-corrected chi connectivity index (χ1v) is 6.79. The molecule has 2 rings (SSSR count). The van der Waals surface area contributed by atoms with Crippen LogP contribution in [-0.4, -0.2) is 24.5 Å². The largest absolute Gasteiger partial charge is 0.330 e. The van der Waals surface area contributed by atoms with E-state index in [2.05, 4.69) is 36.1 Å². The van der Waals surface area contributed by atoms with E-state index in [1.807, 2.05) is 0 Å². The number of nitrogens with zero attached hydrogens (tertiary/aromatic N) is 1. The fourth-order valence-corrected chi connectivity index (χ4v) is 2.78. The molecule has 1 aromatic rings. The van der Waals surface area contributed by atoms with E-state index in [0.717, 1.165) is 25.4 Å². The van der Waals surface area contributed by atoms with E-state index in [1.165, 1.54) is 37.1 Å². The Kier molecular flexibility index (Phi) is 4.57. The molecular formula is C15H24N2. The average molecular weight is 232 g/mol. The molecule has 94 valence electrons. The Morgan fingerprint density at radius 3 is 2.76 bits per heavy atom. The van der Waals surface area contributed by atoms with Crippen LogP contribution in [-0.2, 0) is 13.0 Å². The molecule has 0 radical (unpaired) electrons. The molecule has 0 amide bonds. The van der Waals surface area contributed by atoms with Crippen LogP contribution in [0, 0.1) is 5.92 Å². The van der Waals surface area contributed by atoms with Crippen LogP contribution in [0.3, 0.4) is 0 Å². The van der Waals surface area contributed by atoms with Crippen molar-refractivity contribution in [3.63, 3.8) is 0 Å². The minimum absolute atomic E-state index is 0.743. The molecule has 1 aliphatic rings. The van der Waals surface area contributed by atoms with Gasteiger partial charge in [0.2, 0.25) is 0 Å². The Balaban J connectivity index is 2.01. The fraction of sp³-hybridized carbons (Fsp3) is 0.600. The molecule has 17 heavy (non-hydrogen) atoms. The molecule has 0 bridgehead atoms. The van der Waals surface area contributed by atoms with Gasteiger partial charge in [-0.15, -0.1) is 0 Å². The van der Waals surface area contributed by atoms with Gasteiger partial charge in [0.05, 0.1) is 0 Å². The third-order valence-electron chi connectivity index (χ3n) is 3.67. The maximum Gasteiger partial charge on any atom is 0.0236 e. The molecule has 1 heterocycles. The summed E-state index contributed by atoms with van der Waals surface area (Å²) >= 11 is 0. The van der Waals surface area contributed by atoms with E-state index in [-0.39, 0.29) is 0 Å². The molecule has 1 aromatic carbocycles. The summed E-state index contributed by atoms with van der Waals surface area (Å²) in [7, 11) is 0. The van der Waals surface area contributed by atoms with Crippen LogP contribution in [0.4, 0.5) is 0 Å². The zero-order chi connectivity index (χ0) is 12.1. The molecule has 0 aliphatic carbocycles. The minimum atomic E-state index is 0.743. The minimum Gasteiger partial charge on any atom is -0.330 e. The average Bonchev–Trinajstić information content (AvgIpc) is 2.32. The molecular weight excluding hydrogens is 208 g/mol. The van der Waals surface area contributed by atoms with E-state index < -0.39 is 0 Å². The third-order valence-corrected chi connectivity index (χ3v) is 3.67. The number of benzene rings is 1. The van der Waals surface area contributed by atoms with E-state index in [4.69, 9.17) is 5.73 Å². The van der Waals surface area contributed by atoms with Crippen LogP contribution in [0.15, 0.2) is 24.3 Å². The summed E-state index contributed by atoms with van der Waals surface area (Å²) in [5.74, 6) is 0.852. The normalized spacial score (nSPS) is 21.6. The van der Waals surface area contributed by atoms with Gasteiger partial charge in [-0.25, -0.2) is 0 Å². The lowest BCUT2D eigenvalue weighted by atomic mass is 9.98. The number of likely N-dealkylation sites (tertiary alicyclic amines) is 1. The topological polar surface area (TPSA) is 29.3 Å². The quantitative estimate of drug-likeness (QED) is 0.864. The summed E-state index contributed by atoms with van der Waals surface area (Å²) in [5, 5.41) is 0. The van der Waals surface area contributed by atoms with Crippen molar-refractivity contribution >= 4 is 0 Å². The Bertz CT molecular complexity index is 349. The summed E-state index contributed by atoms with van der Waals surface area (Å²) in [5.41, 5.74) is 8.56. The van der Waals surface area contributed by atoms with Crippen molar-refractivity contribution in [1.29, 1.82) is 0 Å². The standard InChI is InChI=1S/C15H24N2/c1-13-5-4-10-17(11-13)12-15-7-3-2-6-14(15)8-9-16/h2-3,6-7,13H,4-5,8-12,16H2,1H3. The summed E-state index contributed by atoms with van der Waals surface area (Å²) in [4.78, 5) is 2.59. The first-order chi connectivity index (χ1) is 8.29. The molecule has 1 fully saturated rings. The first kappa shape index (κ1) is 12.6. The van der Waals surface area contributed by atoms with Crippen LogP contribution >= 0.6 is 0 Å². The van der Waals surface area contributed by atoms with E-state index in [0.29, 0.717) is 0 Å². The van der Waals surface area contributed by atoms with Crippen molar-refractivity contribution in [2.75, 3.05) is 19.6 Å². The highest BCUT2D eigenvalue weighted by molar-refractivity contribution is 5.27. The summed E-state index contributed by atoms with van der Waals surface area (Å²) in [6.07, 6.45) is 3.74. The van der Waals surface area contributed by atoms with Crippen LogP contribution in [0.25, 0.3) is 0 Å². The lowest BCUT2D eigenvalue weighted by Gasteiger charge is -2.31. The second kappa shape index (κ2) is 6.18. The Morgan fingerprint density at radius 2 is 2.06 bits per heavy atom. The lowest BCUT2D eigenvalue weighted by Crippen LogP contribution is -2.34. The molecule has 1 saturated heterocycles. The van der Waals surface area contributed by atoms with Gasteiger partial charge >= 0.3 is 0 Å². The fourth-order valence-electron chi connectivity index (χ4n) is 2.78. The zero-order valence-electron chi connectivity index (χ0n) is 10.9. The highest BCUT2D eigenvalue weighted by atomic mass is 15.1. The number of piperidine rings is 1. The van der Waals surface area contributed by atoms with Gasteiger partial charge < -0.3 is 5.73 Å². The van der Waals surface area contributed by atoms with Crippen molar-refractivity contribution in [2.45, 2.75) is 32.7 Å². The van der Waals surface area contributed by atoms with Gasteiger partial charge in [-0.3, -0.25) is 4.90 Å². The number of hydrogen-bond acceptors (Lipinski definition) is 2. The number of nitrogens with two attached hydrogens (primary N) is 1. The van der Waals surface area contributed by atoms with Crippen LogP contribution in [0.5, 0.6) is 0 Å². The summed E-state index contributed by atoms with van der Waals surface area (Å²) in [6.45, 7) is 6.70. The van der Waals surface area contributed by atoms with Crippen molar-refractivity contribution in [3.8, 4) is 0 Å². The predicted octanol–water partition coefficient (Wildman–Crippen LogP) is 2.42. The highest BCUT2D eigenvalue weighted by Crippen LogP contribution is 2.19. The predicted molar refractivity (Wildman–Crippen MR) is 72.9 cm³/mol. The Hall–Kier alpha value is -0.860. The van der Waals surface area contributed by atoms with Gasteiger partial charge in [-0.1, -0.05) is 31.2 Å². The molecule has 0 saturated carbocycles. The molecule has 0 spiro atoms. The Labute approximate surface area is 105 Å². The molecule has 1 atom stereocenters. The third kappa shape index (κ3) is 3.55. The summed E-state index contributed by atoms with van der Waals surface area (Å²) in [6, 6.07) is 8.73. The van der Waals surface area contributed by atoms with Crippen LogP contribution in [0.1, 0.15) is 30.9 Å². The number of rotatable bonds is 4. The molecule has 2 nitrogen and oxygen atoms in total. The zero-order valence-corrected chi connectivity index (χ0v) is 10.9. The van der Waals surface area contributed by atoms with Crippen LogP contribution < -0.4 is 5.73 Å². The van der Waals surface area contributed by atoms with Gasteiger partial charge in [-0.2, -0.15) is 0 Å². The molecule has 1 unspecified atom stereocenters. The SMILES string of the molecule is CC1CCCN(Cc2ccccc2CCN)C1. The molecule has 2 N–H and O–H groups in total. The molecule has 1 aliphatic heterocycles. The monoisotopic (exact) mass is 232 g/mol. The van der Waals surface area contributed by atoms with E-state index in [1.54, 1.807) is 0 Å². The second-order valence-corrected chi connectivity index (χ2v) is 5.29. The van der Waals surface area contributed by atoms with Crippen LogP contribution in [0.2, 0.25) is 0 Å². The number of hydrogen-bond donors (Lipinski definition) is 1. The van der Waals surface area contributed by atoms with Crippen molar-refractivity contribution in [2.24, 2.45) is 11.7 Å². The maximum absolute atomic E-state index is 5.67.